The molecule has 0 amide bonds. The first-order valence-electron chi connectivity index (χ1n) is 6.94. The zero-order valence-corrected chi connectivity index (χ0v) is 12.9. The van der Waals surface area contributed by atoms with E-state index in [0.29, 0.717) is 32.1 Å². The highest BCUT2D eigenvalue weighted by atomic mass is 32.2. The summed E-state index contributed by atoms with van der Waals surface area (Å²) in [7, 11) is 0. The van der Waals surface area contributed by atoms with Crippen LogP contribution in [0.4, 0.5) is 5.69 Å². The summed E-state index contributed by atoms with van der Waals surface area (Å²) in [6.45, 7) is 0. The van der Waals surface area contributed by atoms with Crippen LogP contribution >= 0.6 is 11.8 Å². The maximum Gasteiger partial charge on any atom is 0.271 e. The number of nitro benzene ring substituents is 1. The molecule has 0 saturated heterocycles. The van der Waals surface area contributed by atoms with Crippen LogP contribution in [0.15, 0.2) is 68.0 Å². The third-order valence-corrected chi connectivity index (χ3v) is 4.40. The fourth-order valence-corrected chi connectivity index (χ4v) is 3.18. The minimum atomic E-state index is -0.467. The van der Waals surface area contributed by atoms with Crippen molar-refractivity contribution in [2.24, 2.45) is 0 Å². The molecule has 118 valence electrons. The molecule has 0 atom stereocenters. The third-order valence-electron chi connectivity index (χ3n) is 3.51. The highest BCUT2D eigenvalue weighted by molar-refractivity contribution is 7.99. The Bertz CT molecular complexity index is 1150. The molecule has 0 fully saturated rings. The van der Waals surface area contributed by atoms with Gasteiger partial charge in [0.05, 0.1) is 26.2 Å². The van der Waals surface area contributed by atoms with Crippen molar-refractivity contribution in [3.8, 4) is 0 Å². The smallest absolute Gasteiger partial charge is 0.271 e. The second-order valence-electron chi connectivity index (χ2n) is 5.03. The Balaban J connectivity index is 1.75. The molecule has 0 saturated carbocycles. The minimum absolute atomic E-state index is 0.0204. The van der Waals surface area contributed by atoms with Crippen LogP contribution in [-0.2, 0) is 0 Å². The van der Waals surface area contributed by atoms with Crippen molar-refractivity contribution < 1.29 is 9.34 Å². The summed E-state index contributed by atoms with van der Waals surface area (Å²) < 4.78 is 5.47. The quantitative estimate of drug-likeness (QED) is 0.451. The Morgan fingerprint density at radius 3 is 2.88 bits per heavy atom. The molecule has 0 radical (unpaired) electrons. The van der Waals surface area contributed by atoms with Gasteiger partial charge in [0, 0.05) is 12.1 Å². The molecule has 8 heteroatoms. The van der Waals surface area contributed by atoms with Crippen molar-refractivity contribution in [1.29, 1.82) is 0 Å². The van der Waals surface area contributed by atoms with Crippen LogP contribution < -0.4 is 5.43 Å². The second-order valence-corrected chi connectivity index (χ2v) is 6.06. The standard InChI is InChI=1S/C16H9N3O4S/c20-15-10-3-1-2-4-13(10)23-8-14(15)24-16-17-11-6-5-9(19(21)22)7-12(11)18-16/h1-8H,(H,17,18). The Kier molecular flexibility index (Phi) is 3.31. The Labute approximate surface area is 138 Å². The van der Waals surface area contributed by atoms with Gasteiger partial charge in [0.25, 0.3) is 5.69 Å². The van der Waals surface area contributed by atoms with Gasteiger partial charge < -0.3 is 9.40 Å². The van der Waals surface area contributed by atoms with E-state index in [2.05, 4.69) is 9.97 Å². The van der Waals surface area contributed by atoms with E-state index in [9.17, 15) is 14.9 Å². The third kappa shape index (κ3) is 2.42. The SMILES string of the molecule is O=c1c(Sc2nc3ccc([N+](=O)[O-])cc3[nH]2)coc2ccccc12. The molecule has 2 heterocycles. The lowest BCUT2D eigenvalue weighted by atomic mass is 10.2. The predicted molar refractivity (Wildman–Crippen MR) is 89.4 cm³/mol. The normalized spacial score (nSPS) is 11.2. The Morgan fingerprint density at radius 2 is 2.04 bits per heavy atom. The summed E-state index contributed by atoms with van der Waals surface area (Å²) in [5.74, 6) is 0. The van der Waals surface area contributed by atoms with E-state index in [-0.39, 0.29) is 11.1 Å². The van der Waals surface area contributed by atoms with Gasteiger partial charge >= 0.3 is 0 Å². The van der Waals surface area contributed by atoms with E-state index in [4.69, 9.17) is 4.42 Å². The number of nitro groups is 1. The molecule has 0 aliphatic heterocycles. The average molecular weight is 339 g/mol. The molecule has 4 aromatic rings. The first kappa shape index (κ1) is 14.5. The van der Waals surface area contributed by atoms with Gasteiger partial charge in [-0.1, -0.05) is 12.1 Å². The number of nitrogens with one attached hydrogen (secondary N) is 1. The molecular formula is C16H9N3O4S. The number of hydrogen-bond acceptors (Lipinski definition) is 6. The maximum absolute atomic E-state index is 12.5. The molecule has 2 aromatic heterocycles. The minimum Gasteiger partial charge on any atom is -0.463 e. The molecule has 0 aliphatic carbocycles. The van der Waals surface area contributed by atoms with E-state index in [0.717, 1.165) is 11.8 Å². The molecule has 24 heavy (non-hydrogen) atoms. The number of fused-ring (bicyclic) bond motifs is 2. The van der Waals surface area contributed by atoms with Crippen LogP contribution in [0, 0.1) is 10.1 Å². The Hall–Kier alpha value is -3.13. The molecule has 7 nitrogen and oxygen atoms in total. The van der Waals surface area contributed by atoms with Crippen LogP contribution in [0.1, 0.15) is 0 Å². The van der Waals surface area contributed by atoms with Crippen molar-refractivity contribution in [2.75, 3.05) is 0 Å². The summed E-state index contributed by atoms with van der Waals surface area (Å²) in [5.41, 5.74) is 1.48. The maximum atomic E-state index is 12.5. The molecular weight excluding hydrogens is 330 g/mol. The monoisotopic (exact) mass is 339 g/mol. The zero-order chi connectivity index (χ0) is 16.7. The van der Waals surface area contributed by atoms with E-state index in [1.54, 1.807) is 30.3 Å². The van der Waals surface area contributed by atoms with Crippen LogP contribution in [-0.4, -0.2) is 14.9 Å². The lowest BCUT2D eigenvalue weighted by Gasteiger charge is -1.99. The summed E-state index contributed by atoms with van der Waals surface area (Å²) in [5, 5.41) is 11.8. The van der Waals surface area contributed by atoms with Gasteiger partial charge in [-0.25, -0.2) is 4.98 Å². The molecule has 0 bridgehead atoms. The number of aromatic nitrogens is 2. The van der Waals surface area contributed by atoms with E-state index < -0.39 is 4.92 Å². The zero-order valence-electron chi connectivity index (χ0n) is 12.1. The van der Waals surface area contributed by atoms with E-state index in [1.807, 2.05) is 0 Å². The topological polar surface area (TPSA) is 102 Å². The molecule has 1 N–H and O–H groups in total. The number of para-hydroxylation sites is 1. The number of benzene rings is 2. The number of imidazole rings is 1. The number of aromatic amines is 1. The number of hydrogen-bond donors (Lipinski definition) is 1. The molecule has 2 aromatic carbocycles. The van der Waals surface area contributed by atoms with Crippen molar-refractivity contribution in [3.05, 3.63) is 69.1 Å². The van der Waals surface area contributed by atoms with Gasteiger partial charge in [-0.05, 0) is 30.0 Å². The average Bonchev–Trinajstić information content (AvgIpc) is 2.99. The summed E-state index contributed by atoms with van der Waals surface area (Å²) in [4.78, 5) is 30.5. The van der Waals surface area contributed by atoms with Crippen LogP contribution in [0.3, 0.4) is 0 Å². The predicted octanol–water partition coefficient (Wildman–Crippen LogP) is 3.73. The van der Waals surface area contributed by atoms with Crippen LogP contribution in [0.2, 0.25) is 0 Å². The van der Waals surface area contributed by atoms with Crippen molar-refractivity contribution in [1.82, 2.24) is 9.97 Å². The van der Waals surface area contributed by atoms with Crippen LogP contribution in [0.25, 0.3) is 22.0 Å². The number of rotatable bonds is 3. The number of H-pyrrole nitrogens is 1. The fraction of sp³-hybridized carbons (Fsp3) is 0. The molecule has 0 unspecified atom stereocenters. The highest BCUT2D eigenvalue weighted by Crippen LogP contribution is 2.28. The van der Waals surface area contributed by atoms with Gasteiger partial charge in [0.15, 0.2) is 5.16 Å². The van der Waals surface area contributed by atoms with Gasteiger partial charge in [-0.15, -0.1) is 0 Å². The Morgan fingerprint density at radius 1 is 1.21 bits per heavy atom. The fourth-order valence-electron chi connectivity index (χ4n) is 2.37. The first-order chi connectivity index (χ1) is 11.6. The van der Waals surface area contributed by atoms with Gasteiger partial charge in [0.2, 0.25) is 5.43 Å². The van der Waals surface area contributed by atoms with E-state index in [1.165, 1.54) is 18.4 Å². The summed E-state index contributed by atoms with van der Waals surface area (Å²) >= 11 is 1.13. The molecule has 4 rings (SSSR count). The summed E-state index contributed by atoms with van der Waals surface area (Å²) in [6, 6.07) is 11.4. The summed E-state index contributed by atoms with van der Waals surface area (Å²) in [6.07, 6.45) is 1.39. The van der Waals surface area contributed by atoms with Crippen molar-refractivity contribution in [3.63, 3.8) is 0 Å². The van der Waals surface area contributed by atoms with E-state index >= 15 is 0 Å². The van der Waals surface area contributed by atoms with Gasteiger partial charge in [-0.2, -0.15) is 0 Å². The molecule has 0 spiro atoms. The van der Waals surface area contributed by atoms with Crippen LogP contribution in [0.5, 0.6) is 0 Å². The largest absolute Gasteiger partial charge is 0.463 e. The first-order valence-corrected chi connectivity index (χ1v) is 7.76. The van der Waals surface area contributed by atoms with Gasteiger partial charge in [0.1, 0.15) is 11.8 Å². The molecule has 0 aliphatic rings. The van der Waals surface area contributed by atoms with Crippen molar-refractivity contribution >= 4 is 39.5 Å². The second kappa shape index (κ2) is 5.50. The number of nitrogens with zero attached hydrogens (tertiary/aromatic N) is 2. The van der Waals surface area contributed by atoms with Gasteiger partial charge in [-0.3, -0.25) is 14.9 Å². The van der Waals surface area contributed by atoms with Crippen molar-refractivity contribution in [2.45, 2.75) is 10.1 Å². The lowest BCUT2D eigenvalue weighted by Crippen LogP contribution is -2.03. The lowest BCUT2D eigenvalue weighted by molar-refractivity contribution is -0.384. The highest BCUT2D eigenvalue weighted by Gasteiger charge is 2.13. The number of non-ortho nitro benzene ring substituents is 1.